The van der Waals surface area contributed by atoms with Crippen molar-refractivity contribution in [2.24, 2.45) is 0 Å². The van der Waals surface area contributed by atoms with Gasteiger partial charge in [0.05, 0.1) is 11.8 Å². The van der Waals surface area contributed by atoms with E-state index in [-0.39, 0.29) is 0 Å². The molecule has 0 radical (unpaired) electrons. The molecule has 0 fully saturated rings. The van der Waals surface area contributed by atoms with Crippen LogP contribution < -0.4 is 0 Å². The summed E-state index contributed by atoms with van der Waals surface area (Å²) in [4.78, 5) is 0. The van der Waals surface area contributed by atoms with Crippen LogP contribution in [0.25, 0.3) is 28.7 Å². The smallest absolute Gasteiger partial charge is 0.161 e. The van der Waals surface area contributed by atoms with E-state index >= 15 is 0 Å². The maximum Gasteiger partial charge on any atom is 0.161 e. The molecule has 3 aromatic heterocycles. The molecular weight excluding hydrogens is 250 g/mol. The lowest BCUT2D eigenvalue weighted by Crippen LogP contribution is -1.90. The largest absolute Gasteiger partial charge is 0.465 e. The second kappa shape index (κ2) is 4.35. The van der Waals surface area contributed by atoms with E-state index in [0.29, 0.717) is 0 Å². The SMILES string of the molecule is C(=Cc1nnc2ccc3ccccc3n12)c1ccco1. The van der Waals surface area contributed by atoms with Crippen molar-refractivity contribution in [2.75, 3.05) is 0 Å². The summed E-state index contributed by atoms with van der Waals surface area (Å²) < 4.78 is 7.32. The van der Waals surface area contributed by atoms with Gasteiger partial charge in [-0.25, -0.2) is 0 Å². The maximum absolute atomic E-state index is 5.29. The van der Waals surface area contributed by atoms with Crippen LogP contribution in [0.5, 0.6) is 0 Å². The molecular formula is C16H11N3O. The van der Waals surface area contributed by atoms with Gasteiger partial charge in [-0.05, 0) is 47.9 Å². The Labute approximate surface area is 115 Å². The lowest BCUT2D eigenvalue weighted by molar-refractivity contribution is 0.557. The molecule has 0 unspecified atom stereocenters. The summed E-state index contributed by atoms with van der Waals surface area (Å²) in [6.45, 7) is 0. The lowest BCUT2D eigenvalue weighted by Gasteiger charge is -2.01. The monoisotopic (exact) mass is 261 g/mol. The molecule has 1 aromatic carbocycles. The van der Waals surface area contributed by atoms with Crippen molar-refractivity contribution >= 4 is 28.7 Å². The molecule has 0 atom stereocenters. The number of aromatic nitrogens is 3. The first-order valence-corrected chi connectivity index (χ1v) is 6.36. The Hall–Kier alpha value is -2.88. The minimum absolute atomic E-state index is 0.785. The van der Waals surface area contributed by atoms with Gasteiger partial charge < -0.3 is 4.42 Å². The quantitative estimate of drug-likeness (QED) is 0.553. The van der Waals surface area contributed by atoms with Crippen LogP contribution in [-0.4, -0.2) is 14.6 Å². The van der Waals surface area contributed by atoms with Crippen molar-refractivity contribution < 1.29 is 4.42 Å². The van der Waals surface area contributed by atoms with Gasteiger partial charge in [0.2, 0.25) is 0 Å². The average molecular weight is 261 g/mol. The molecule has 0 N–H and O–H groups in total. The molecule has 4 aromatic rings. The fraction of sp³-hybridized carbons (Fsp3) is 0. The highest BCUT2D eigenvalue weighted by Crippen LogP contribution is 2.18. The van der Waals surface area contributed by atoms with Crippen LogP contribution >= 0.6 is 0 Å². The van der Waals surface area contributed by atoms with Crippen molar-refractivity contribution in [3.63, 3.8) is 0 Å². The van der Waals surface area contributed by atoms with Crippen molar-refractivity contribution in [1.82, 2.24) is 14.6 Å². The fourth-order valence-electron chi connectivity index (χ4n) is 2.31. The predicted molar refractivity (Wildman–Crippen MR) is 78.1 cm³/mol. The number of benzene rings is 1. The normalized spacial score (nSPS) is 11.8. The van der Waals surface area contributed by atoms with Gasteiger partial charge in [0.1, 0.15) is 5.76 Å². The highest BCUT2D eigenvalue weighted by atomic mass is 16.3. The first-order valence-electron chi connectivity index (χ1n) is 6.36. The summed E-state index contributed by atoms with van der Waals surface area (Å²) >= 11 is 0. The highest BCUT2D eigenvalue weighted by Gasteiger charge is 2.06. The van der Waals surface area contributed by atoms with E-state index in [1.54, 1.807) is 6.26 Å². The van der Waals surface area contributed by atoms with Crippen molar-refractivity contribution in [2.45, 2.75) is 0 Å². The third kappa shape index (κ3) is 1.70. The topological polar surface area (TPSA) is 43.3 Å². The standard InChI is InChI=1S/C16H11N3O/c1-2-6-14-12(4-1)7-9-15-17-18-16(19(14)15)10-8-13-5-3-11-20-13/h1-11H. The van der Waals surface area contributed by atoms with E-state index < -0.39 is 0 Å². The summed E-state index contributed by atoms with van der Waals surface area (Å²) in [5.41, 5.74) is 1.93. The van der Waals surface area contributed by atoms with Crippen LogP contribution in [0.1, 0.15) is 11.6 Å². The molecule has 0 saturated carbocycles. The van der Waals surface area contributed by atoms with E-state index in [2.05, 4.69) is 28.4 Å². The number of hydrogen-bond acceptors (Lipinski definition) is 3. The summed E-state index contributed by atoms with van der Waals surface area (Å²) in [7, 11) is 0. The molecule has 3 heterocycles. The number of para-hydroxylation sites is 1. The summed E-state index contributed by atoms with van der Waals surface area (Å²) in [5, 5.41) is 9.59. The van der Waals surface area contributed by atoms with Crippen molar-refractivity contribution in [3.8, 4) is 0 Å². The number of nitrogens with zero attached hydrogens (tertiary/aromatic N) is 3. The third-order valence-corrected chi connectivity index (χ3v) is 3.24. The molecule has 0 aliphatic rings. The molecule has 96 valence electrons. The van der Waals surface area contributed by atoms with Crippen LogP contribution in [0.15, 0.2) is 59.2 Å². The molecule has 0 saturated heterocycles. The molecule has 20 heavy (non-hydrogen) atoms. The van der Waals surface area contributed by atoms with Gasteiger partial charge in [-0.1, -0.05) is 18.2 Å². The zero-order valence-corrected chi connectivity index (χ0v) is 10.6. The van der Waals surface area contributed by atoms with Crippen LogP contribution in [0.2, 0.25) is 0 Å². The van der Waals surface area contributed by atoms with E-state index in [9.17, 15) is 0 Å². The third-order valence-electron chi connectivity index (χ3n) is 3.24. The number of rotatable bonds is 2. The van der Waals surface area contributed by atoms with Crippen molar-refractivity contribution in [1.29, 1.82) is 0 Å². The van der Waals surface area contributed by atoms with Gasteiger partial charge in [0.15, 0.2) is 11.5 Å². The molecule has 0 amide bonds. The van der Waals surface area contributed by atoms with Gasteiger partial charge >= 0.3 is 0 Å². The Morgan fingerprint density at radius 2 is 1.85 bits per heavy atom. The second-order valence-corrected chi connectivity index (χ2v) is 4.49. The predicted octanol–water partition coefficient (Wildman–Crippen LogP) is 3.65. The van der Waals surface area contributed by atoms with E-state index in [1.807, 2.05) is 46.9 Å². The number of fused-ring (bicyclic) bond motifs is 3. The molecule has 0 aliphatic carbocycles. The summed E-state index contributed by atoms with van der Waals surface area (Å²) in [5.74, 6) is 1.58. The Kier molecular flexibility index (Phi) is 2.39. The fourth-order valence-corrected chi connectivity index (χ4v) is 2.31. The molecule has 4 nitrogen and oxygen atoms in total. The molecule has 4 rings (SSSR count). The minimum Gasteiger partial charge on any atom is -0.465 e. The number of furan rings is 1. The van der Waals surface area contributed by atoms with E-state index in [4.69, 9.17) is 4.42 Å². The number of pyridine rings is 1. The zero-order valence-electron chi connectivity index (χ0n) is 10.6. The van der Waals surface area contributed by atoms with E-state index in [0.717, 1.165) is 28.1 Å². The maximum atomic E-state index is 5.29. The number of hydrogen-bond donors (Lipinski definition) is 0. The Morgan fingerprint density at radius 3 is 2.75 bits per heavy atom. The average Bonchev–Trinajstić information content (AvgIpc) is 3.14. The molecule has 0 spiro atoms. The van der Waals surface area contributed by atoms with Gasteiger partial charge in [0, 0.05) is 0 Å². The van der Waals surface area contributed by atoms with Crippen LogP contribution in [0, 0.1) is 0 Å². The van der Waals surface area contributed by atoms with Gasteiger partial charge in [-0.2, -0.15) is 0 Å². The second-order valence-electron chi connectivity index (χ2n) is 4.49. The first kappa shape index (κ1) is 11.0. The van der Waals surface area contributed by atoms with Crippen LogP contribution in [0.4, 0.5) is 0 Å². The Balaban J connectivity index is 1.93. The van der Waals surface area contributed by atoms with Gasteiger partial charge in [-0.3, -0.25) is 4.40 Å². The summed E-state index contributed by atoms with van der Waals surface area (Å²) in [6.07, 6.45) is 5.44. The van der Waals surface area contributed by atoms with E-state index in [1.165, 1.54) is 0 Å². The summed E-state index contributed by atoms with van der Waals surface area (Å²) in [6, 6.07) is 16.0. The van der Waals surface area contributed by atoms with Gasteiger partial charge in [-0.15, -0.1) is 10.2 Å². The minimum atomic E-state index is 0.785. The molecule has 0 bridgehead atoms. The van der Waals surface area contributed by atoms with Crippen molar-refractivity contribution in [3.05, 3.63) is 66.4 Å². The van der Waals surface area contributed by atoms with Gasteiger partial charge in [0.25, 0.3) is 0 Å². The highest BCUT2D eigenvalue weighted by molar-refractivity contribution is 5.83. The lowest BCUT2D eigenvalue weighted by atomic mass is 10.2. The Bertz CT molecular complexity index is 904. The molecule has 4 heteroatoms. The zero-order chi connectivity index (χ0) is 13.4. The Morgan fingerprint density at radius 1 is 0.900 bits per heavy atom. The molecule has 0 aliphatic heterocycles. The van der Waals surface area contributed by atoms with Crippen LogP contribution in [0.3, 0.4) is 0 Å². The first-order chi connectivity index (χ1) is 9.92. The van der Waals surface area contributed by atoms with Crippen LogP contribution in [-0.2, 0) is 0 Å².